The molecular formula is C21H27N3O5S2. The zero-order valence-corrected chi connectivity index (χ0v) is 19.3. The van der Waals surface area contributed by atoms with Crippen molar-refractivity contribution < 1.29 is 22.7 Å². The first kappa shape index (κ1) is 24.5. The van der Waals surface area contributed by atoms with Crippen molar-refractivity contribution in [2.75, 3.05) is 30.1 Å². The minimum Gasteiger partial charge on any atom is -0.496 e. The Kier molecular flexibility index (Phi) is 9.20. The van der Waals surface area contributed by atoms with E-state index in [4.69, 9.17) is 4.74 Å². The maximum Gasteiger partial charge on any atom is 0.255 e. The second kappa shape index (κ2) is 11.6. The van der Waals surface area contributed by atoms with E-state index < -0.39 is 22.0 Å². The van der Waals surface area contributed by atoms with Crippen LogP contribution in [0.25, 0.3) is 0 Å². The van der Waals surface area contributed by atoms with Crippen molar-refractivity contribution in [3.05, 3.63) is 59.7 Å². The van der Waals surface area contributed by atoms with Gasteiger partial charge in [0.05, 0.1) is 18.9 Å². The van der Waals surface area contributed by atoms with Crippen LogP contribution in [0, 0.1) is 0 Å². The number of nitrogens with one attached hydrogen (secondary N) is 3. The van der Waals surface area contributed by atoms with E-state index in [1.165, 1.54) is 7.11 Å². The minimum atomic E-state index is -3.39. The number of methoxy groups -OCH3 is 1. The molecule has 2 aromatic carbocycles. The summed E-state index contributed by atoms with van der Waals surface area (Å²) in [5.74, 6) is 0.411. The van der Waals surface area contributed by atoms with Crippen molar-refractivity contribution in [1.29, 1.82) is 0 Å². The molecule has 0 bridgehead atoms. The summed E-state index contributed by atoms with van der Waals surface area (Å²) >= 11 is 1.58. The molecule has 0 heterocycles. The van der Waals surface area contributed by atoms with Crippen molar-refractivity contribution in [2.45, 2.75) is 19.0 Å². The molecule has 31 heavy (non-hydrogen) atoms. The van der Waals surface area contributed by atoms with Gasteiger partial charge in [0.2, 0.25) is 15.9 Å². The molecule has 8 nitrogen and oxygen atoms in total. The third kappa shape index (κ3) is 8.14. The first-order valence-corrected chi connectivity index (χ1v) is 12.8. The average Bonchev–Trinajstić information content (AvgIpc) is 2.73. The van der Waals surface area contributed by atoms with Gasteiger partial charge in [0.1, 0.15) is 11.8 Å². The number of benzene rings is 2. The first-order valence-electron chi connectivity index (χ1n) is 9.50. The number of rotatable bonds is 11. The van der Waals surface area contributed by atoms with Crippen LogP contribution in [0.4, 0.5) is 5.69 Å². The Balaban J connectivity index is 2.06. The van der Waals surface area contributed by atoms with E-state index in [1.54, 1.807) is 60.3 Å². The zero-order valence-electron chi connectivity index (χ0n) is 17.7. The molecule has 1 atom stereocenters. The van der Waals surface area contributed by atoms with Gasteiger partial charge in [-0.3, -0.25) is 14.3 Å². The first-order chi connectivity index (χ1) is 14.7. The van der Waals surface area contributed by atoms with Gasteiger partial charge in [-0.25, -0.2) is 8.42 Å². The average molecular weight is 466 g/mol. The van der Waals surface area contributed by atoms with Crippen molar-refractivity contribution in [2.24, 2.45) is 0 Å². The molecule has 0 saturated carbocycles. The smallest absolute Gasteiger partial charge is 0.255 e. The normalized spacial score (nSPS) is 12.0. The van der Waals surface area contributed by atoms with E-state index in [0.717, 1.165) is 11.8 Å². The SMILES string of the molecule is COc1ccccc1C(=O)NC(CCSC)C(=O)NCc1cccc(NS(C)(=O)=O)c1. The maximum absolute atomic E-state index is 12.8. The molecule has 0 aliphatic rings. The zero-order chi connectivity index (χ0) is 22.9. The summed E-state index contributed by atoms with van der Waals surface area (Å²) in [4.78, 5) is 25.5. The van der Waals surface area contributed by atoms with Crippen LogP contribution < -0.4 is 20.1 Å². The molecule has 1 unspecified atom stereocenters. The van der Waals surface area contributed by atoms with Gasteiger partial charge in [0, 0.05) is 12.2 Å². The third-order valence-corrected chi connectivity index (χ3v) is 5.53. The lowest BCUT2D eigenvalue weighted by molar-refractivity contribution is -0.123. The molecule has 0 spiro atoms. The molecular weight excluding hydrogens is 438 g/mol. The number of para-hydroxylation sites is 1. The van der Waals surface area contributed by atoms with E-state index in [-0.39, 0.29) is 12.5 Å². The number of ether oxygens (including phenoxy) is 1. The molecule has 2 aromatic rings. The van der Waals surface area contributed by atoms with Gasteiger partial charge in [0.25, 0.3) is 5.91 Å². The highest BCUT2D eigenvalue weighted by atomic mass is 32.2. The molecule has 0 fully saturated rings. The predicted octanol–water partition coefficient (Wildman–Crippen LogP) is 2.23. The molecule has 2 rings (SSSR count). The number of carbonyl (C=O) groups is 2. The van der Waals surface area contributed by atoms with Crippen molar-refractivity contribution in [3.8, 4) is 5.75 Å². The van der Waals surface area contributed by atoms with Crippen LogP contribution in [0.1, 0.15) is 22.3 Å². The Morgan fingerprint density at radius 1 is 1.13 bits per heavy atom. The van der Waals surface area contributed by atoms with Crippen LogP contribution in [0.5, 0.6) is 5.75 Å². The van der Waals surface area contributed by atoms with Crippen LogP contribution in [-0.4, -0.2) is 51.6 Å². The van der Waals surface area contributed by atoms with E-state index in [2.05, 4.69) is 15.4 Å². The number of hydrogen-bond acceptors (Lipinski definition) is 6. The molecule has 10 heteroatoms. The highest BCUT2D eigenvalue weighted by molar-refractivity contribution is 7.98. The van der Waals surface area contributed by atoms with E-state index in [0.29, 0.717) is 29.2 Å². The highest BCUT2D eigenvalue weighted by Gasteiger charge is 2.22. The quantitative estimate of drug-likeness (QED) is 0.469. The van der Waals surface area contributed by atoms with E-state index in [9.17, 15) is 18.0 Å². The fraction of sp³-hybridized carbons (Fsp3) is 0.333. The fourth-order valence-electron chi connectivity index (χ4n) is 2.84. The van der Waals surface area contributed by atoms with Gasteiger partial charge in [-0.2, -0.15) is 11.8 Å². The van der Waals surface area contributed by atoms with Crippen LogP contribution in [0.2, 0.25) is 0 Å². The molecule has 2 amide bonds. The van der Waals surface area contributed by atoms with Crippen LogP contribution in [-0.2, 0) is 21.4 Å². The van der Waals surface area contributed by atoms with Crippen LogP contribution in [0.3, 0.4) is 0 Å². The molecule has 0 aromatic heterocycles. The maximum atomic E-state index is 12.8. The summed E-state index contributed by atoms with van der Waals surface area (Å²) in [6, 6.07) is 12.8. The second-order valence-corrected chi connectivity index (χ2v) is 9.53. The largest absolute Gasteiger partial charge is 0.496 e. The highest BCUT2D eigenvalue weighted by Crippen LogP contribution is 2.17. The monoisotopic (exact) mass is 465 g/mol. The lowest BCUT2D eigenvalue weighted by Crippen LogP contribution is -2.47. The van der Waals surface area contributed by atoms with Gasteiger partial charge in [0.15, 0.2) is 0 Å². The standard InChI is InChI=1S/C21H27N3O5S2/c1-29-19-10-5-4-9-17(19)20(25)23-18(11-12-30-2)21(26)22-14-15-7-6-8-16(13-15)24-31(3,27)28/h4-10,13,18,24H,11-12,14H2,1-3H3,(H,22,26)(H,23,25). The lowest BCUT2D eigenvalue weighted by Gasteiger charge is -2.19. The summed E-state index contributed by atoms with van der Waals surface area (Å²) in [6.45, 7) is 0.193. The summed E-state index contributed by atoms with van der Waals surface area (Å²) in [7, 11) is -1.91. The number of carbonyl (C=O) groups excluding carboxylic acids is 2. The summed E-state index contributed by atoms with van der Waals surface area (Å²) in [5, 5.41) is 5.60. The fourth-order valence-corrected chi connectivity index (χ4v) is 3.87. The molecule has 0 saturated heterocycles. The molecule has 168 valence electrons. The summed E-state index contributed by atoms with van der Waals surface area (Å²) < 4.78 is 30.4. The van der Waals surface area contributed by atoms with Crippen LogP contribution in [0.15, 0.2) is 48.5 Å². The van der Waals surface area contributed by atoms with Crippen molar-refractivity contribution in [3.63, 3.8) is 0 Å². The summed E-state index contributed by atoms with van der Waals surface area (Å²) in [6.07, 6.45) is 3.46. The van der Waals surface area contributed by atoms with Gasteiger partial charge in [-0.15, -0.1) is 0 Å². The molecule has 0 aliphatic carbocycles. The minimum absolute atomic E-state index is 0.193. The van der Waals surface area contributed by atoms with Crippen molar-refractivity contribution >= 4 is 39.3 Å². The topological polar surface area (TPSA) is 114 Å². The Morgan fingerprint density at radius 3 is 2.55 bits per heavy atom. The number of sulfonamides is 1. The second-order valence-electron chi connectivity index (χ2n) is 6.80. The van der Waals surface area contributed by atoms with Gasteiger partial charge >= 0.3 is 0 Å². The van der Waals surface area contributed by atoms with Crippen LogP contribution >= 0.6 is 11.8 Å². The number of thioether (sulfide) groups is 1. The lowest BCUT2D eigenvalue weighted by atomic mass is 10.1. The third-order valence-electron chi connectivity index (χ3n) is 4.28. The molecule has 3 N–H and O–H groups in total. The number of amides is 2. The Morgan fingerprint density at radius 2 is 1.87 bits per heavy atom. The predicted molar refractivity (Wildman–Crippen MR) is 124 cm³/mol. The Hall–Kier alpha value is -2.72. The van der Waals surface area contributed by atoms with Crippen molar-refractivity contribution in [1.82, 2.24) is 10.6 Å². The number of hydrogen-bond donors (Lipinski definition) is 3. The van der Waals surface area contributed by atoms with E-state index >= 15 is 0 Å². The van der Waals surface area contributed by atoms with E-state index in [1.807, 2.05) is 6.26 Å². The number of anilines is 1. The molecule has 0 radical (unpaired) electrons. The summed E-state index contributed by atoms with van der Waals surface area (Å²) in [5.41, 5.74) is 1.49. The van der Waals surface area contributed by atoms with Gasteiger partial charge in [-0.1, -0.05) is 24.3 Å². The van der Waals surface area contributed by atoms with Gasteiger partial charge in [-0.05, 0) is 48.3 Å². The molecule has 0 aliphatic heterocycles. The Bertz CT molecular complexity index is 1010. The van der Waals surface area contributed by atoms with Gasteiger partial charge < -0.3 is 15.4 Å². The Labute approximate surface area is 187 Å².